The Bertz CT molecular complexity index is 479. The van der Waals surface area contributed by atoms with E-state index in [2.05, 4.69) is 21.8 Å². The second-order valence-electron chi connectivity index (χ2n) is 3.91. The van der Waals surface area contributed by atoms with E-state index in [-0.39, 0.29) is 5.82 Å². The van der Waals surface area contributed by atoms with Gasteiger partial charge in [0, 0.05) is 12.7 Å². The van der Waals surface area contributed by atoms with Gasteiger partial charge in [0.15, 0.2) is 0 Å². The van der Waals surface area contributed by atoms with Gasteiger partial charge in [-0.15, -0.1) is 0 Å². The molecule has 0 fully saturated rings. The molecule has 3 nitrogen and oxygen atoms in total. The molecule has 1 aromatic heterocycles. The zero-order valence-electron chi connectivity index (χ0n) is 9.86. The molecule has 0 bridgehead atoms. The highest BCUT2D eigenvalue weighted by Crippen LogP contribution is 2.13. The molecule has 4 heteroatoms. The predicted octanol–water partition coefficient (Wildman–Crippen LogP) is 3.04. The van der Waals surface area contributed by atoms with Crippen molar-refractivity contribution in [1.82, 2.24) is 9.55 Å². The summed E-state index contributed by atoms with van der Waals surface area (Å²) in [5, 5.41) is 3.08. The van der Waals surface area contributed by atoms with Crippen molar-refractivity contribution < 1.29 is 4.39 Å². The fourth-order valence-electron chi connectivity index (χ4n) is 1.73. The quantitative estimate of drug-likeness (QED) is 0.860. The first-order valence-electron chi connectivity index (χ1n) is 5.78. The highest BCUT2D eigenvalue weighted by Gasteiger charge is 2.03. The third-order valence-corrected chi connectivity index (χ3v) is 2.60. The van der Waals surface area contributed by atoms with Crippen LogP contribution in [0.5, 0.6) is 0 Å². The SMILES string of the molecule is CCCn1cncc1CNc1ccccc1F. The Kier molecular flexibility index (Phi) is 3.75. The third-order valence-electron chi connectivity index (χ3n) is 2.60. The average Bonchev–Trinajstić information content (AvgIpc) is 2.76. The number of halogens is 1. The average molecular weight is 233 g/mol. The van der Waals surface area contributed by atoms with Crippen molar-refractivity contribution in [2.24, 2.45) is 0 Å². The normalized spacial score (nSPS) is 10.5. The molecule has 0 aliphatic rings. The number of rotatable bonds is 5. The Morgan fingerprint density at radius 1 is 1.35 bits per heavy atom. The van der Waals surface area contributed by atoms with Crippen molar-refractivity contribution in [3.05, 3.63) is 48.3 Å². The van der Waals surface area contributed by atoms with Crippen molar-refractivity contribution in [1.29, 1.82) is 0 Å². The molecule has 1 N–H and O–H groups in total. The molecule has 1 aromatic carbocycles. The lowest BCUT2D eigenvalue weighted by Crippen LogP contribution is -2.07. The highest BCUT2D eigenvalue weighted by molar-refractivity contribution is 5.44. The maximum atomic E-state index is 13.4. The summed E-state index contributed by atoms with van der Waals surface area (Å²) in [7, 11) is 0. The summed E-state index contributed by atoms with van der Waals surface area (Å²) in [5.74, 6) is -0.228. The van der Waals surface area contributed by atoms with E-state index in [1.165, 1.54) is 6.07 Å². The summed E-state index contributed by atoms with van der Waals surface area (Å²) in [6.45, 7) is 3.64. The van der Waals surface area contributed by atoms with Crippen molar-refractivity contribution in [2.75, 3.05) is 5.32 Å². The van der Waals surface area contributed by atoms with Gasteiger partial charge in [0.25, 0.3) is 0 Å². The molecule has 0 radical (unpaired) electrons. The fourth-order valence-corrected chi connectivity index (χ4v) is 1.73. The molecule has 0 amide bonds. The number of anilines is 1. The Morgan fingerprint density at radius 3 is 2.94 bits per heavy atom. The lowest BCUT2D eigenvalue weighted by Gasteiger charge is -2.09. The number of aromatic nitrogens is 2. The van der Waals surface area contributed by atoms with Crippen LogP contribution < -0.4 is 5.32 Å². The second-order valence-corrected chi connectivity index (χ2v) is 3.91. The van der Waals surface area contributed by atoms with Gasteiger partial charge in [0.05, 0.1) is 24.3 Å². The van der Waals surface area contributed by atoms with E-state index in [1.54, 1.807) is 12.1 Å². The van der Waals surface area contributed by atoms with Crippen molar-refractivity contribution in [3.8, 4) is 0 Å². The molecular formula is C13H16FN3. The van der Waals surface area contributed by atoms with Crippen LogP contribution in [-0.2, 0) is 13.1 Å². The maximum Gasteiger partial charge on any atom is 0.146 e. The van der Waals surface area contributed by atoms with E-state index in [9.17, 15) is 4.39 Å². The van der Waals surface area contributed by atoms with E-state index in [0.29, 0.717) is 12.2 Å². The van der Waals surface area contributed by atoms with E-state index in [1.807, 2.05) is 18.6 Å². The lowest BCUT2D eigenvalue weighted by molar-refractivity contribution is 0.627. The van der Waals surface area contributed by atoms with Gasteiger partial charge in [-0.1, -0.05) is 19.1 Å². The number of nitrogens with one attached hydrogen (secondary N) is 1. The molecule has 17 heavy (non-hydrogen) atoms. The number of hydrogen-bond donors (Lipinski definition) is 1. The molecule has 0 spiro atoms. The van der Waals surface area contributed by atoms with E-state index < -0.39 is 0 Å². The van der Waals surface area contributed by atoms with Gasteiger partial charge in [-0.05, 0) is 18.6 Å². The largest absolute Gasteiger partial charge is 0.377 e. The zero-order chi connectivity index (χ0) is 12.1. The molecule has 2 aromatic rings. The number of nitrogens with zero attached hydrogens (tertiary/aromatic N) is 2. The fraction of sp³-hybridized carbons (Fsp3) is 0.308. The van der Waals surface area contributed by atoms with Gasteiger partial charge in [-0.25, -0.2) is 9.37 Å². The monoisotopic (exact) mass is 233 g/mol. The van der Waals surface area contributed by atoms with Gasteiger partial charge >= 0.3 is 0 Å². The Morgan fingerprint density at radius 2 is 2.18 bits per heavy atom. The summed E-state index contributed by atoms with van der Waals surface area (Å²) in [5.41, 5.74) is 1.59. The first kappa shape index (κ1) is 11.6. The van der Waals surface area contributed by atoms with Gasteiger partial charge in [-0.2, -0.15) is 0 Å². The zero-order valence-corrected chi connectivity index (χ0v) is 9.86. The molecule has 0 saturated carbocycles. The minimum Gasteiger partial charge on any atom is -0.377 e. The molecule has 0 saturated heterocycles. The summed E-state index contributed by atoms with van der Waals surface area (Å²) >= 11 is 0. The van der Waals surface area contributed by atoms with Crippen LogP contribution in [0.2, 0.25) is 0 Å². The van der Waals surface area contributed by atoms with Crippen molar-refractivity contribution in [3.63, 3.8) is 0 Å². The Balaban J connectivity index is 2.02. The van der Waals surface area contributed by atoms with Gasteiger partial charge in [-0.3, -0.25) is 0 Å². The maximum absolute atomic E-state index is 13.4. The van der Waals surface area contributed by atoms with Crippen molar-refractivity contribution >= 4 is 5.69 Å². The van der Waals surface area contributed by atoms with Crippen LogP contribution in [0.25, 0.3) is 0 Å². The van der Waals surface area contributed by atoms with Crippen LogP contribution in [0.3, 0.4) is 0 Å². The van der Waals surface area contributed by atoms with Crippen LogP contribution in [-0.4, -0.2) is 9.55 Å². The summed E-state index contributed by atoms with van der Waals surface area (Å²) in [6.07, 6.45) is 4.68. The molecule has 2 rings (SSSR count). The number of benzene rings is 1. The van der Waals surface area contributed by atoms with Crippen molar-refractivity contribution in [2.45, 2.75) is 26.4 Å². The number of para-hydroxylation sites is 1. The smallest absolute Gasteiger partial charge is 0.146 e. The molecule has 1 heterocycles. The number of hydrogen-bond acceptors (Lipinski definition) is 2. The van der Waals surface area contributed by atoms with Gasteiger partial charge in [0.1, 0.15) is 5.82 Å². The third kappa shape index (κ3) is 2.84. The molecular weight excluding hydrogens is 217 g/mol. The molecule has 0 aliphatic carbocycles. The van der Waals surface area contributed by atoms with Gasteiger partial charge < -0.3 is 9.88 Å². The second kappa shape index (κ2) is 5.48. The van der Waals surface area contributed by atoms with Gasteiger partial charge in [0.2, 0.25) is 0 Å². The molecule has 0 unspecified atom stereocenters. The molecule has 0 aliphatic heterocycles. The summed E-state index contributed by atoms with van der Waals surface area (Å²) in [6, 6.07) is 6.68. The summed E-state index contributed by atoms with van der Waals surface area (Å²) < 4.78 is 15.5. The minimum absolute atomic E-state index is 0.228. The lowest BCUT2D eigenvalue weighted by atomic mass is 10.3. The molecule has 0 atom stereocenters. The minimum atomic E-state index is -0.228. The van der Waals surface area contributed by atoms with Crippen LogP contribution in [0, 0.1) is 5.82 Å². The molecule has 90 valence electrons. The van der Waals surface area contributed by atoms with Crippen LogP contribution in [0.4, 0.5) is 10.1 Å². The highest BCUT2D eigenvalue weighted by atomic mass is 19.1. The first-order valence-corrected chi connectivity index (χ1v) is 5.78. The van der Waals surface area contributed by atoms with Crippen LogP contribution >= 0.6 is 0 Å². The number of aryl methyl sites for hydroxylation is 1. The van der Waals surface area contributed by atoms with E-state index >= 15 is 0 Å². The number of imidazole rings is 1. The predicted molar refractivity (Wildman–Crippen MR) is 66.2 cm³/mol. The Labute approximate surface area is 100 Å². The Hall–Kier alpha value is -1.84. The standard InChI is InChI=1S/C13H16FN3/c1-2-7-17-10-15-8-11(17)9-16-13-6-4-3-5-12(13)14/h3-6,8,10,16H,2,7,9H2,1H3. The summed E-state index contributed by atoms with van der Waals surface area (Å²) in [4.78, 5) is 4.10. The van der Waals surface area contributed by atoms with E-state index in [4.69, 9.17) is 0 Å². The first-order chi connectivity index (χ1) is 8.31. The topological polar surface area (TPSA) is 29.9 Å². The van der Waals surface area contributed by atoms with Crippen LogP contribution in [0.15, 0.2) is 36.8 Å². The van der Waals surface area contributed by atoms with Crippen LogP contribution in [0.1, 0.15) is 19.0 Å². The van der Waals surface area contributed by atoms with E-state index in [0.717, 1.165) is 18.7 Å².